The van der Waals surface area contributed by atoms with Gasteiger partial charge in [-0.2, -0.15) is 13.5 Å². The quantitative estimate of drug-likeness (QED) is 0.0239. The number of H-pyrrole nitrogens is 1. The first-order chi connectivity index (χ1) is 23.9. The molecule has 1 radical (unpaired) electrons. The fourth-order valence-corrected chi connectivity index (χ4v) is 5.56. The van der Waals surface area contributed by atoms with Crippen LogP contribution in [0, 0.1) is 6.92 Å². The van der Waals surface area contributed by atoms with E-state index in [1.54, 1.807) is 55.6 Å². The summed E-state index contributed by atoms with van der Waals surface area (Å²) in [6, 6.07) is 20.6. The van der Waals surface area contributed by atoms with E-state index in [1.807, 2.05) is 12.1 Å². The van der Waals surface area contributed by atoms with Gasteiger partial charge in [-0.15, -0.1) is 19.7 Å². The number of para-hydroxylation sites is 1. The summed E-state index contributed by atoms with van der Waals surface area (Å²) in [6.45, 7) is 2.70. The fraction of sp³-hybridized carbons (Fsp3) is 0.0645. The van der Waals surface area contributed by atoms with Crippen molar-refractivity contribution in [2.75, 3.05) is 0 Å². The van der Waals surface area contributed by atoms with E-state index >= 15 is 0 Å². The number of benzene rings is 4. The molecule has 2 aromatic heterocycles. The number of hydrogen-bond donors (Lipinski definition) is 5. The summed E-state index contributed by atoms with van der Waals surface area (Å²) >= 11 is 0.606. The summed E-state index contributed by atoms with van der Waals surface area (Å²) in [7, 11) is -4.39. The monoisotopic (exact) mass is 782 g/mol. The zero-order valence-corrected chi connectivity index (χ0v) is 28.7. The van der Waals surface area contributed by atoms with Gasteiger partial charge >= 0.3 is 0 Å². The molecule has 4 aromatic carbocycles. The van der Waals surface area contributed by atoms with Crippen molar-refractivity contribution in [3.63, 3.8) is 0 Å². The number of aliphatic carboxylic acids is 1. The number of aromatic amines is 1. The summed E-state index contributed by atoms with van der Waals surface area (Å²) in [5.74, 6) is -1.11. The van der Waals surface area contributed by atoms with Crippen LogP contribution in [-0.2, 0) is 41.4 Å². The van der Waals surface area contributed by atoms with Crippen LogP contribution in [0.4, 0.5) is 22.7 Å². The first-order valence-corrected chi connectivity index (χ1v) is 16.3. The van der Waals surface area contributed by atoms with Crippen LogP contribution >= 0.6 is 12.0 Å². The molecule has 6 rings (SSSR count). The number of aryl methyl sites for hydroxylation is 1. The standard InChI is InChI=1S/C29H21N7O8S2.C2H4O2.Cu/c1-16-25(29(38)36(35-16)20-9-11-21(12-10-20)46(40,41)42)33-31-19-8-7-18-14-24(45-44-43-39)27(28(37)22(18)15-19)34-32-23-6-2-4-17-5-3-13-30-26(17)23;1-2(3)4;/h2-15,35,37,39H,1H3,(H,40,41,42);1H3,(H,3,4);. The number of pyridine rings is 1. The Morgan fingerprint density at radius 1 is 0.941 bits per heavy atom. The van der Waals surface area contributed by atoms with E-state index < -0.39 is 21.6 Å². The van der Waals surface area contributed by atoms with Gasteiger partial charge in [-0.05, 0) is 66.9 Å². The number of rotatable bonds is 9. The maximum absolute atomic E-state index is 13.1. The summed E-state index contributed by atoms with van der Waals surface area (Å²) < 4.78 is 37.7. The summed E-state index contributed by atoms with van der Waals surface area (Å²) in [4.78, 5) is 26.4. The summed E-state index contributed by atoms with van der Waals surface area (Å²) in [5, 5.41) is 52.7. The number of nitrogens with one attached hydrogen (secondary N) is 1. The van der Waals surface area contributed by atoms with Gasteiger partial charge in [-0.1, -0.05) is 29.3 Å². The smallest absolute Gasteiger partial charge is 0.300 e. The van der Waals surface area contributed by atoms with Gasteiger partial charge in [0.15, 0.2) is 11.4 Å². The molecule has 17 nitrogen and oxygen atoms in total. The van der Waals surface area contributed by atoms with Crippen molar-refractivity contribution < 1.29 is 59.7 Å². The second-order valence-corrected chi connectivity index (χ2v) is 12.3. The third kappa shape index (κ3) is 9.08. The van der Waals surface area contributed by atoms with Gasteiger partial charge in [-0.3, -0.25) is 24.2 Å². The number of phenolic OH excluding ortho intramolecular Hbond substituents is 1. The molecule has 0 aliphatic rings. The second kappa shape index (κ2) is 16.6. The molecule has 2 heterocycles. The zero-order valence-electron chi connectivity index (χ0n) is 26.1. The molecule has 0 bridgehead atoms. The van der Waals surface area contributed by atoms with Gasteiger partial charge in [0.2, 0.25) is 0 Å². The molecule has 5 N–H and O–H groups in total. The van der Waals surface area contributed by atoms with Crippen molar-refractivity contribution in [2.24, 2.45) is 20.5 Å². The normalized spacial score (nSPS) is 11.5. The molecule has 267 valence electrons. The van der Waals surface area contributed by atoms with E-state index in [4.69, 9.17) is 15.2 Å². The SMILES string of the molecule is CC(=O)O.Cc1[nH]n(-c2ccc(S(=O)(=O)O)cc2)c(=O)c1N=Nc1ccc2cc(SOOO)c(N=Nc3cccc4cccnc34)c(O)c2c1.[Cu]. The number of aromatic hydroxyl groups is 1. The summed E-state index contributed by atoms with van der Waals surface area (Å²) in [5.41, 5.74) is 1.51. The zero-order chi connectivity index (χ0) is 36.0. The molecule has 0 aliphatic heterocycles. The van der Waals surface area contributed by atoms with Crippen molar-refractivity contribution in [3.8, 4) is 11.4 Å². The average molecular weight is 783 g/mol. The molecule has 20 heteroatoms. The number of aromatic nitrogens is 3. The number of fused-ring (bicyclic) bond motifs is 2. The maximum atomic E-state index is 13.1. The van der Waals surface area contributed by atoms with E-state index in [1.165, 1.54) is 12.1 Å². The van der Waals surface area contributed by atoms with E-state index in [0.717, 1.165) is 29.1 Å². The molecule has 51 heavy (non-hydrogen) atoms. The molecule has 6 aromatic rings. The topological polar surface area (TPSA) is 251 Å². The van der Waals surface area contributed by atoms with Gasteiger partial charge < -0.3 is 10.2 Å². The van der Waals surface area contributed by atoms with Gasteiger partial charge in [-0.25, -0.2) is 9.94 Å². The molecule has 0 saturated heterocycles. The van der Waals surface area contributed by atoms with E-state index in [0.29, 0.717) is 51.1 Å². The molecule has 0 amide bonds. The van der Waals surface area contributed by atoms with Crippen LogP contribution in [0.15, 0.2) is 120 Å². The third-order valence-corrected chi connectivity index (χ3v) is 8.25. The molecule has 0 fully saturated rings. The molecular weight excluding hydrogens is 758 g/mol. The Balaban J connectivity index is 0.00000111. The Morgan fingerprint density at radius 3 is 2.31 bits per heavy atom. The van der Waals surface area contributed by atoms with Gasteiger partial charge in [0.05, 0.1) is 44.4 Å². The fourth-order valence-electron chi connectivity index (χ4n) is 4.59. The van der Waals surface area contributed by atoms with Crippen molar-refractivity contribution in [1.29, 1.82) is 0 Å². The molecule has 0 unspecified atom stereocenters. The van der Waals surface area contributed by atoms with Crippen LogP contribution in [0.1, 0.15) is 12.6 Å². The molecule has 0 aliphatic carbocycles. The van der Waals surface area contributed by atoms with Crippen LogP contribution in [0.5, 0.6) is 5.75 Å². The molecule has 0 spiro atoms. The van der Waals surface area contributed by atoms with Crippen molar-refractivity contribution in [3.05, 3.63) is 101 Å². The number of nitrogens with zero attached hydrogens (tertiary/aromatic N) is 6. The van der Waals surface area contributed by atoms with Crippen LogP contribution in [-0.4, -0.2) is 49.2 Å². The Kier molecular flexibility index (Phi) is 12.5. The second-order valence-electron chi connectivity index (χ2n) is 10.2. The maximum Gasteiger partial charge on any atom is 0.300 e. The number of carbonyl (C=O) groups is 1. The predicted octanol–water partition coefficient (Wildman–Crippen LogP) is 7.48. The minimum absolute atomic E-state index is 0. The minimum atomic E-state index is -4.39. The minimum Gasteiger partial charge on any atom is -0.505 e. The molecular formula is C31H25CuN7O10S2. The molecule has 0 atom stereocenters. The van der Waals surface area contributed by atoms with E-state index in [9.17, 15) is 22.9 Å². The number of carboxylic acid groups (broad SMARTS) is 1. The average Bonchev–Trinajstić information content (AvgIpc) is 3.37. The van der Waals surface area contributed by atoms with Crippen LogP contribution < -0.4 is 5.56 Å². The van der Waals surface area contributed by atoms with E-state index in [2.05, 4.69) is 39.9 Å². The van der Waals surface area contributed by atoms with Crippen molar-refractivity contribution in [2.45, 2.75) is 23.6 Å². The Hall–Kier alpha value is -5.31. The van der Waals surface area contributed by atoms with Crippen molar-refractivity contribution >= 4 is 72.6 Å². The number of phenols is 1. The Morgan fingerprint density at radius 2 is 1.63 bits per heavy atom. The van der Waals surface area contributed by atoms with Gasteiger partial charge in [0.25, 0.3) is 21.6 Å². The Bertz CT molecular complexity index is 2440. The number of hydrogen-bond acceptors (Lipinski definition) is 14. The third-order valence-electron chi connectivity index (χ3n) is 6.76. The van der Waals surface area contributed by atoms with Crippen LogP contribution in [0.2, 0.25) is 0 Å². The predicted molar refractivity (Wildman–Crippen MR) is 181 cm³/mol. The number of azo groups is 2. The summed E-state index contributed by atoms with van der Waals surface area (Å²) in [6.07, 6.45) is 1.63. The van der Waals surface area contributed by atoms with Crippen LogP contribution in [0.3, 0.4) is 0 Å². The Labute approximate surface area is 302 Å². The van der Waals surface area contributed by atoms with Gasteiger partial charge in [0, 0.05) is 41.0 Å². The first-order valence-electron chi connectivity index (χ1n) is 14.1. The largest absolute Gasteiger partial charge is 0.505 e. The van der Waals surface area contributed by atoms with Crippen molar-refractivity contribution in [1.82, 2.24) is 14.8 Å². The molecule has 0 saturated carbocycles. The first kappa shape index (κ1) is 38.5. The van der Waals surface area contributed by atoms with Gasteiger partial charge in [0.1, 0.15) is 11.4 Å². The van der Waals surface area contributed by atoms with E-state index in [-0.39, 0.29) is 44.0 Å². The van der Waals surface area contributed by atoms with Crippen LogP contribution in [0.25, 0.3) is 27.4 Å². The number of carboxylic acids is 1.